The summed E-state index contributed by atoms with van der Waals surface area (Å²) in [6, 6.07) is 15.7. The molecule has 3 aromatic rings. The highest BCUT2D eigenvalue weighted by Crippen LogP contribution is 2.19. The summed E-state index contributed by atoms with van der Waals surface area (Å²) in [5.74, 6) is 1.08. The van der Waals surface area contributed by atoms with Gasteiger partial charge in [-0.3, -0.25) is 0 Å². The second-order valence-corrected chi connectivity index (χ2v) is 5.46. The van der Waals surface area contributed by atoms with Crippen molar-refractivity contribution in [1.82, 2.24) is 15.2 Å². The van der Waals surface area contributed by atoms with E-state index in [9.17, 15) is 0 Å². The number of aromatic nitrogens is 3. The number of hydrogen-bond donors (Lipinski definition) is 2. The second-order valence-electron chi connectivity index (χ2n) is 5.05. The van der Waals surface area contributed by atoms with Gasteiger partial charge < -0.3 is 10.6 Å². The van der Waals surface area contributed by atoms with E-state index in [-0.39, 0.29) is 0 Å². The Labute approximate surface area is 139 Å². The fourth-order valence-electron chi connectivity index (χ4n) is 2.11. The third-order valence-corrected chi connectivity index (χ3v) is 3.73. The van der Waals surface area contributed by atoms with Crippen LogP contribution in [0.3, 0.4) is 0 Å². The molecule has 1 aromatic heterocycles. The second kappa shape index (κ2) is 7.07. The molecule has 0 aliphatic carbocycles. The Kier molecular flexibility index (Phi) is 4.68. The normalized spacial score (nSPS) is 10.3. The van der Waals surface area contributed by atoms with Crippen molar-refractivity contribution in [3.05, 3.63) is 70.9 Å². The maximum absolute atomic E-state index is 6.14. The number of anilines is 3. The molecule has 5 nitrogen and oxygen atoms in total. The van der Waals surface area contributed by atoms with Crippen LogP contribution in [0.15, 0.2) is 54.7 Å². The number of aryl methyl sites for hydroxylation is 1. The van der Waals surface area contributed by atoms with E-state index in [0.29, 0.717) is 23.3 Å². The molecule has 23 heavy (non-hydrogen) atoms. The van der Waals surface area contributed by atoms with E-state index in [0.717, 1.165) is 16.8 Å². The molecule has 0 fully saturated rings. The molecule has 0 spiro atoms. The van der Waals surface area contributed by atoms with Crippen molar-refractivity contribution in [2.45, 2.75) is 13.5 Å². The SMILES string of the molecule is Cc1ccccc1Nc1cnnc(NCc2ccccc2Cl)n1. The van der Waals surface area contributed by atoms with Crippen LogP contribution >= 0.6 is 11.6 Å². The predicted octanol–water partition coefficient (Wildman–Crippen LogP) is 4.19. The lowest BCUT2D eigenvalue weighted by molar-refractivity contribution is 0.948. The lowest BCUT2D eigenvalue weighted by Gasteiger charge is -2.10. The Hall–Kier alpha value is -2.66. The Balaban J connectivity index is 1.70. The summed E-state index contributed by atoms with van der Waals surface area (Å²) in [6.07, 6.45) is 1.59. The van der Waals surface area contributed by atoms with Crippen molar-refractivity contribution in [2.75, 3.05) is 10.6 Å². The number of nitrogens with zero attached hydrogens (tertiary/aromatic N) is 3. The summed E-state index contributed by atoms with van der Waals surface area (Å²) in [7, 11) is 0. The Morgan fingerprint density at radius 3 is 2.65 bits per heavy atom. The molecule has 0 atom stereocenters. The van der Waals surface area contributed by atoms with Crippen LogP contribution < -0.4 is 10.6 Å². The minimum Gasteiger partial charge on any atom is -0.349 e. The van der Waals surface area contributed by atoms with E-state index >= 15 is 0 Å². The molecular formula is C17H16ClN5. The van der Waals surface area contributed by atoms with E-state index < -0.39 is 0 Å². The molecule has 2 N–H and O–H groups in total. The number of benzene rings is 2. The molecule has 0 aliphatic rings. The standard InChI is InChI=1S/C17H16ClN5/c1-12-6-2-5-9-15(12)21-16-11-20-23-17(22-16)19-10-13-7-3-4-8-14(13)18/h2-9,11H,10H2,1H3,(H2,19,21,22,23). The van der Waals surface area contributed by atoms with Gasteiger partial charge in [0.25, 0.3) is 0 Å². The van der Waals surface area contributed by atoms with E-state index in [1.54, 1.807) is 6.20 Å². The number of hydrogen-bond acceptors (Lipinski definition) is 5. The van der Waals surface area contributed by atoms with Crippen LogP contribution in [0.2, 0.25) is 5.02 Å². The Morgan fingerprint density at radius 1 is 1.04 bits per heavy atom. The van der Waals surface area contributed by atoms with Gasteiger partial charge in [0, 0.05) is 17.3 Å². The van der Waals surface area contributed by atoms with Gasteiger partial charge in [-0.05, 0) is 30.2 Å². The zero-order valence-corrected chi connectivity index (χ0v) is 13.4. The minimum atomic E-state index is 0.448. The highest BCUT2D eigenvalue weighted by Gasteiger charge is 2.04. The Bertz CT molecular complexity index is 806. The molecule has 0 bridgehead atoms. The van der Waals surface area contributed by atoms with Crippen LogP contribution in [0.4, 0.5) is 17.5 Å². The van der Waals surface area contributed by atoms with E-state index in [1.165, 1.54) is 0 Å². The van der Waals surface area contributed by atoms with Crippen molar-refractivity contribution in [3.63, 3.8) is 0 Å². The highest BCUT2D eigenvalue weighted by molar-refractivity contribution is 6.31. The summed E-state index contributed by atoms with van der Waals surface area (Å²) >= 11 is 6.14. The van der Waals surface area contributed by atoms with Gasteiger partial charge in [0.2, 0.25) is 5.95 Å². The number of nitrogens with one attached hydrogen (secondary N) is 2. The van der Waals surface area contributed by atoms with Crippen LogP contribution in [0, 0.1) is 6.92 Å². The molecule has 6 heteroatoms. The van der Waals surface area contributed by atoms with Crippen LogP contribution in [0.1, 0.15) is 11.1 Å². The van der Waals surface area contributed by atoms with Crippen molar-refractivity contribution in [1.29, 1.82) is 0 Å². The van der Waals surface area contributed by atoms with Crippen molar-refractivity contribution < 1.29 is 0 Å². The molecule has 0 radical (unpaired) electrons. The lowest BCUT2D eigenvalue weighted by atomic mass is 10.2. The largest absolute Gasteiger partial charge is 0.349 e. The lowest BCUT2D eigenvalue weighted by Crippen LogP contribution is -2.07. The summed E-state index contributed by atoms with van der Waals surface area (Å²) in [5, 5.41) is 15.1. The fraction of sp³-hybridized carbons (Fsp3) is 0.118. The van der Waals surface area contributed by atoms with Crippen molar-refractivity contribution >= 4 is 29.1 Å². The third kappa shape index (κ3) is 3.96. The maximum atomic E-state index is 6.14. The first-order valence-electron chi connectivity index (χ1n) is 7.22. The fourth-order valence-corrected chi connectivity index (χ4v) is 2.31. The molecule has 0 amide bonds. The van der Waals surface area contributed by atoms with Gasteiger partial charge >= 0.3 is 0 Å². The molecule has 116 valence electrons. The minimum absolute atomic E-state index is 0.448. The van der Waals surface area contributed by atoms with Crippen molar-refractivity contribution in [2.24, 2.45) is 0 Å². The van der Waals surface area contributed by atoms with Gasteiger partial charge in [0.15, 0.2) is 5.82 Å². The summed E-state index contributed by atoms with van der Waals surface area (Å²) in [4.78, 5) is 4.41. The van der Waals surface area contributed by atoms with Crippen LogP contribution in [0.5, 0.6) is 0 Å². The topological polar surface area (TPSA) is 62.7 Å². The number of rotatable bonds is 5. The zero-order chi connectivity index (χ0) is 16.1. The zero-order valence-electron chi connectivity index (χ0n) is 12.6. The summed E-state index contributed by atoms with van der Waals surface area (Å²) < 4.78 is 0. The molecule has 0 saturated heterocycles. The number of halogens is 1. The average molecular weight is 326 g/mol. The van der Waals surface area contributed by atoms with Gasteiger partial charge in [0.05, 0.1) is 6.20 Å². The molecule has 0 unspecified atom stereocenters. The first kappa shape index (κ1) is 15.2. The van der Waals surface area contributed by atoms with Gasteiger partial charge in [-0.1, -0.05) is 48.0 Å². The maximum Gasteiger partial charge on any atom is 0.244 e. The monoisotopic (exact) mass is 325 g/mol. The molecule has 0 aliphatic heterocycles. The third-order valence-electron chi connectivity index (χ3n) is 3.36. The van der Waals surface area contributed by atoms with E-state index in [2.05, 4.69) is 25.8 Å². The molecule has 1 heterocycles. The van der Waals surface area contributed by atoms with Gasteiger partial charge in [0.1, 0.15) is 0 Å². The van der Waals surface area contributed by atoms with Crippen LogP contribution in [-0.4, -0.2) is 15.2 Å². The van der Waals surface area contributed by atoms with Gasteiger partial charge in [-0.25, -0.2) is 0 Å². The molecule has 0 saturated carbocycles. The molecule has 3 rings (SSSR count). The van der Waals surface area contributed by atoms with E-state index in [4.69, 9.17) is 11.6 Å². The van der Waals surface area contributed by atoms with Gasteiger partial charge in [-0.15, -0.1) is 5.10 Å². The molecule has 2 aromatic carbocycles. The highest BCUT2D eigenvalue weighted by atomic mass is 35.5. The first-order chi connectivity index (χ1) is 11.2. The van der Waals surface area contributed by atoms with E-state index in [1.807, 2.05) is 55.5 Å². The van der Waals surface area contributed by atoms with Crippen molar-refractivity contribution in [3.8, 4) is 0 Å². The average Bonchev–Trinajstić information content (AvgIpc) is 2.57. The van der Waals surface area contributed by atoms with Gasteiger partial charge in [-0.2, -0.15) is 10.1 Å². The van der Waals surface area contributed by atoms with Crippen LogP contribution in [0.25, 0.3) is 0 Å². The number of para-hydroxylation sites is 1. The summed E-state index contributed by atoms with van der Waals surface area (Å²) in [5.41, 5.74) is 3.11. The molecular weight excluding hydrogens is 310 g/mol. The smallest absolute Gasteiger partial charge is 0.244 e. The quantitative estimate of drug-likeness (QED) is 0.736. The predicted molar refractivity (Wildman–Crippen MR) is 93.1 cm³/mol. The summed E-state index contributed by atoms with van der Waals surface area (Å²) in [6.45, 7) is 2.57. The first-order valence-corrected chi connectivity index (χ1v) is 7.60. The Morgan fingerprint density at radius 2 is 1.83 bits per heavy atom. The van der Waals surface area contributed by atoms with Crippen LogP contribution in [-0.2, 0) is 6.54 Å².